The average Bonchev–Trinajstić information content (AvgIpc) is 3.17. The Kier molecular flexibility index (Phi) is 3.45. The molecule has 126 valence electrons. The Hall–Kier alpha value is -2.22. The van der Waals surface area contributed by atoms with Crippen LogP contribution in [0.3, 0.4) is 0 Å². The number of carboxylic acid groups (broad SMARTS) is 1. The minimum Gasteiger partial charge on any atom is -0.481 e. The number of fused-ring (bicyclic) bond motifs is 1. The van der Waals surface area contributed by atoms with E-state index in [9.17, 15) is 19.5 Å². The predicted octanol–water partition coefficient (Wildman–Crippen LogP) is 1.25. The van der Waals surface area contributed by atoms with E-state index in [0.717, 1.165) is 18.5 Å². The molecular formula is C16H17N3O4S. The molecule has 1 aliphatic heterocycles. The summed E-state index contributed by atoms with van der Waals surface area (Å²) in [5, 5.41) is 11.2. The summed E-state index contributed by atoms with van der Waals surface area (Å²) in [5.41, 5.74) is 0.364. The Labute approximate surface area is 141 Å². The summed E-state index contributed by atoms with van der Waals surface area (Å²) in [6, 6.07) is 0. The van der Waals surface area contributed by atoms with E-state index >= 15 is 0 Å². The van der Waals surface area contributed by atoms with Crippen LogP contribution in [-0.2, 0) is 4.79 Å². The predicted molar refractivity (Wildman–Crippen MR) is 87.3 cm³/mol. The van der Waals surface area contributed by atoms with Crippen molar-refractivity contribution in [1.82, 2.24) is 14.3 Å². The summed E-state index contributed by atoms with van der Waals surface area (Å²) in [5.74, 6) is -1.43. The van der Waals surface area contributed by atoms with E-state index in [0.29, 0.717) is 17.4 Å². The van der Waals surface area contributed by atoms with Gasteiger partial charge < -0.3 is 10.0 Å². The maximum absolute atomic E-state index is 12.8. The third-order valence-corrected chi connectivity index (χ3v) is 6.00. The van der Waals surface area contributed by atoms with E-state index in [-0.39, 0.29) is 23.6 Å². The van der Waals surface area contributed by atoms with Gasteiger partial charge in [-0.25, -0.2) is 4.98 Å². The number of thiazole rings is 1. The Morgan fingerprint density at radius 1 is 1.33 bits per heavy atom. The fourth-order valence-electron chi connectivity index (χ4n) is 3.60. The third kappa shape index (κ3) is 2.32. The monoisotopic (exact) mass is 347 g/mol. The number of aliphatic carboxylic acids is 1. The first-order chi connectivity index (χ1) is 11.5. The molecule has 1 saturated carbocycles. The van der Waals surface area contributed by atoms with Crippen molar-refractivity contribution in [1.29, 1.82) is 0 Å². The third-order valence-electron chi connectivity index (χ3n) is 5.04. The van der Waals surface area contributed by atoms with Crippen molar-refractivity contribution in [2.45, 2.75) is 19.8 Å². The number of aryl methyl sites for hydroxylation is 1. The van der Waals surface area contributed by atoms with E-state index < -0.39 is 17.8 Å². The zero-order valence-corrected chi connectivity index (χ0v) is 14.0. The highest BCUT2D eigenvalue weighted by Crippen LogP contribution is 2.44. The fraction of sp³-hybridized carbons (Fsp3) is 0.500. The van der Waals surface area contributed by atoms with Crippen molar-refractivity contribution in [3.05, 3.63) is 33.2 Å². The van der Waals surface area contributed by atoms with Gasteiger partial charge in [0.2, 0.25) is 0 Å². The van der Waals surface area contributed by atoms with Crippen LogP contribution in [-0.4, -0.2) is 44.4 Å². The van der Waals surface area contributed by atoms with Gasteiger partial charge in [0.15, 0.2) is 4.96 Å². The lowest BCUT2D eigenvalue weighted by Gasteiger charge is -2.15. The second-order valence-electron chi connectivity index (χ2n) is 6.63. The number of carbonyl (C=O) groups excluding carboxylic acids is 1. The number of hydrogen-bond acceptors (Lipinski definition) is 5. The van der Waals surface area contributed by atoms with Crippen molar-refractivity contribution < 1.29 is 14.7 Å². The summed E-state index contributed by atoms with van der Waals surface area (Å²) in [6.45, 7) is 2.37. The van der Waals surface area contributed by atoms with Crippen molar-refractivity contribution in [3.8, 4) is 0 Å². The Bertz CT molecular complexity index is 898. The Balaban J connectivity index is 1.67. The smallest absolute Gasteiger partial charge is 0.308 e. The van der Waals surface area contributed by atoms with Crippen molar-refractivity contribution in [2.24, 2.45) is 17.8 Å². The lowest BCUT2D eigenvalue weighted by atomic mass is 9.92. The van der Waals surface area contributed by atoms with Crippen LogP contribution in [0.2, 0.25) is 0 Å². The summed E-state index contributed by atoms with van der Waals surface area (Å²) in [7, 11) is 0. The minimum absolute atomic E-state index is 0.00576. The zero-order valence-electron chi connectivity index (χ0n) is 13.1. The van der Waals surface area contributed by atoms with E-state index in [1.165, 1.54) is 26.8 Å². The molecule has 1 amide bonds. The lowest BCUT2D eigenvalue weighted by Crippen LogP contribution is -2.35. The number of nitrogens with zero attached hydrogens (tertiary/aromatic N) is 3. The molecule has 3 heterocycles. The second-order valence-corrected chi connectivity index (χ2v) is 7.46. The largest absolute Gasteiger partial charge is 0.481 e. The highest BCUT2D eigenvalue weighted by molar-refractivity contribution is 7.15. The average molecular weight is 347 g/mol. The van der Waals surface area contributed by atoms with Crippen LogP contribution in [0.25, 0.3) is 4.96 Å². The molecule has 2 aromatic heterocycles. The van der Waals surface area contributed by atoms with Gasteiger partial charge in [0, 0.05) is 30.4 Å². The molecular weight excluding hydrogens is 330 g/mol. The molecule has 2 atom stereocenters. The van der Waals surface area contributed by atoms with E-state index in [1.807, 2.05) is 5.38 Å². The number of aromatic nitrogens is 2. The molecule has 0 aromatic carbocycles. The molecule has 0 radical (unpaired) electrons. The topological polar surface area (TPSA) is 92.0 Å². The number of likely N-dealkylation sites (tertiary alicyclic amines) is 1. The molecule has 0 unspecified atom stereocenters. The molecule has 24 heavy (non-hydrogen) atoms. The number of hydrogen-bond donors (Lipinski definition) is 1. The first-order valence-corrected chi connectivity index (χ1v) is 8.83. The molecule has 2 aromatic rings. The number of rotatable bonds is 3. The molecule has 1 N–H and O–H groups in total. The highest BCUT2D eigenvalue weighted by Gasteiger charge is 2.47. The zero-order chi connectivity index (χ0) is 17.0. The Morgan fingerprint density at radius 2 is 2.08 bits per heavy atom. The van der Waals surface area contributed by atoms with E-state index in [4.69, 9.17) is 0 Å². The normalized spacial score (nSPS) is 23.8. The van der Waals surface area contributed by atoms with Gasteiger partial charge in [-0.15, -0.1) is 11.3 Å². The molecule has 0 spiro atoms. The van der Waals surface area contributed by atoms with Gasteiger partial charge in [-0.2, -0.15) is 0 Å². The maximum Gasteiger partial charge on any atom is 0.308 e. The standard InChI is InChI=1S/C16H17N3O4S/c1-8-7-24-16-17-4-10(14(21)19(8)16)13(20)18-5-11(9-2-3-9)12(6-18)15(22)23/h4,7,9,11-12H,2-3,5-6H2,1H3,(H,22,23)/t11-,12+/m1/s1. The summed E-state index contributed by atoms with van der Waals surface area (Å²) >= 11 is 1.35. The summed E-state index contributed by atoms with van der Waals surface area (Å²) < 4.78 is 1.43. The number of amides is 1. The quantitative estimate of drug-likeness (QED) is 0.902. The molecule has 2 fully saturated rings. The molecule has 8 heteroatoms. The number of carbonyl (C=O) groups is 2. The van der Waals surface area contributed by atoms with Gasteiger partial charge >= 0.3 is 5.97 Å². The van der Waals surface area contributed by atoms with Crippen molar-refractivity contribution >= 4 is 28.2 Å². The molecule has 7 nitrogen and oxygen atoms in total. The molecule has 1 saturated heterocycles. The minimum atomic E-state index is -0.860. The van der Waals surface area contributed by atoms with Crippen LogP contribution in [0.15, 0.2) is 16.4 Å². The summed E-state index contributed by atoms with van der Waals surface area (Å²) in [6.07, 6.45) is 3.37. The first-order valence-electron chi connectivity index (χ1n) is 7.95. The van der Waals surface area contributed by atoms with Gasteiger partial charge in [-0.1, -0.05) is 0 Å². The molecule has 0 bridgehead atoms. The van der Waals surface area contributed by atoms with Crippen molar-refractivity contribution in [3.63, 3.8) is 0 Å². The molecule has 4 rings (SSSR count). The highest BCUT2D eigenvalue weighted by atomic mass is 32.1. The van der Waals surface area contributed by atoms with Crippen molar-refractivity contribution in [2.75, 3.05) is 13.1 Å². The van der Waals surface area contributed by atoms with Crippen LogP contribution in [0, 0.1) is 24.7 Å². The Morgan fingerprint density at radius 3 is 2.75 bits per heavy atom. The van der Waals surface area contributed by atoms with E-state index in [1.54, 1.807) is 6.92 Å². The van der Waals surface area contributed by atoms with Crippen LogP contribution in [0.4, 0.5) is 0 Å². The van der Waals surface area contributed by atoms with Crippen LogP contribution in [0.1, 0.15) is 28.9 Å². The van der Waals surface area contributed by atoms with Crippen LogP contribution >= 0.6 is 11.3 Å². The first kappa shape index (κ1) is 15.3. The number of carboxylic acids is 1. The van der Waals surface area contributed by atoms with E-state index in [2.05, 4.69) is 4.98 Å². The molecule has 2 aliphatic rings. The molecule has 1 aliphatic carbocycles. The van der Waals surface area contributed by atoms with Crippen LogP contribution in [0.5, 0.6) is 0 Å². The van der Waals surface area contributed by atoms with Gasteiger partial charge in [0.1, 0.15) is 5.56 Å². The van der Waals surface area contributed by atoms with Gasteiger partial charge in [-0.3, -0.25) is 18.8 Å². The SMILES string of the molecule is Cc1csc2ncc(C(=O)N3C[C@H](C(=O)O)[C@@H](C4CC4)C3)c(=O)n12. The maximum atomic E-state index is 12.8. The lowest BCUT2D eigenvalue weighted by molar-refractivity contribution is -0.142. The van der Waals surface area contributed by atoms with Gasteiger partial charge in [-0.05, 0) is 31.6 Å². The van der Waals surface area contributed by atoms with Gasteiger partial charge in [0.05, 0.1) is 5.92 Å². The fourth-order valence-corrected chi connectivity index (χ4v) is 4.43. The second kappa shape index (κ2) is 5.41. The van der Waals surface area contributed by atoms with Gasteiger partial charge in [0.25, 0.3) is 11.5 Å². The summed E-state index contributed by atoms with van der Waals surface area (Å²) in [4.78, 5) is 43.1. The van der Waals surface area contributed by atoms with Crippen LogP contribution < -0.4 is 5.56 Å².